The van der Waals surface area contributed by atoms with Crippen LogP contribution in [0, 0.1) is 0 Å². The average molecular weight is 321 g/mol. The Kier molecular flexibility index (Phi) is 3.04. The molecule has 3 aliphatic heterocycles. The Labute approximate surface area is 140 Å². The summed E-state index contributed by atoms with van der Waals surface area (Å²) in [6, 6.07) is 6.34. The highest BCUT2D eigenvalue weighted by molar-refractivity contribution is 5.95. The molecular weight excluding hydrogens is 302 g/mol. The summed E-state index contributed by atoms with van der Waals surface area (Å²) in [6.45, 7) is 1.70. The lowest BCUT2D eigenvalue weighted by Crippen LogP contribution is -2.70. The van der Waals surface area contributed by atoms with Crippen LogP contribution in [0.25, 0.3) is 0 Å². The number of pyridine rings is 1. The summed E-state index contributed by atoms with van der Waals surface area (Å²) in [6.07, 6.45) is 8.61. The first-order chi connectivity index (χ1) is 11.8. The van der Waals surface area contributed by atoms with E-state index in [1.807, 2.05) is 17.0 Å². The molecule has 4 aliphatic rings. The summed E-state index contributed by atoms with van der Waals surface area (Å²) in [5.41, 5.74) is 1.85. The van der Waals surface area contributed by atoms with Crippen LogP contribution in [0.3, 0.4) is 0 Å². The zero-order chi connectivity index (χ0) is 16.1. The maximum absolute atomic E-state index is 12.7. The number of piperazine rings is 1. The molecule has 6 nitrogen and oxygen atoms in total. The van der Waals surface area contributed by atoms with Gasteiger partial charge >= 0.3 is 0 Å². The third-order valence-corrected chi connectivity index (χ3v) is 5.33. The lowest BCUT2D eigenvalue weighted by atomic mass is 9.86. The van der Waals surface area contributed by atoms with Gasteiger partial charge in [0.25, 0.3) is 5.91 Å². The van der Waals surface area contributed by atoms with Gasteiger partial charge in [0.15, 0.2) is 0 Å². The number of anilines is 1. The van der Waals surface area contributed by atoms with Gasteiger partial charge in [0, 0.05) is 43.2 Å². The van der Waals surface area contributed by atoms with Crippen molar-refractivity contribution in [1.82, 2.24) is 19.9 Å². The molecule has 2 aromatic rings. The molecule has 6 rings (SSSR count). The molecule has 0 aromatic carbocycles. The third kappa shape index (κ3) is 2.25. The van der Waals surface area contributed by atoms with Gasteiger partial charge in [-0.05, 0) is 31.4 Å². The number of amides is 1. The molecule has 4 fully saturated rings. The molecular formula is C18H19N5O. The quantitative estimate of drug-likeness (QED) is 0.863. The predicted molar refractivity (Wildman–Crippen MR) is 88.8 cm³/mol. The second kappa shape index (κ2) is 5.26. The van der Waals surface area contributed by atoms with Crippen molar-refractivity contribution >= 4 is 11.7 Å². The average Bonchev–Trinajstić information content (AvgIpc) is 3.48. The third-order valence-electron chi connectivity index (χ3n) is 5.33. The predicted octanol–water partition coefficient (Wildman–Crippen LogP) is 1.85. The molecule has 2 unspecified atom stereocenters. The molecule has 1 saturated carbocycles. The van der Waals surface area contributed by atoms with Crippen molar-refractivity contribution in [1.29, 1.82) is 0 Å². The molecule has 1 amide bonds. The highest BCUT2D eigenvalue weighted by Gasteiger charge is 2.47. The minimum Gasteiger partial charge on any atom is -0.352 e. The van der Waals surface area contributed by atoms with Crippen LogP contribution in [0.15, 0.2) is 36.9 Å². The highest BCUT2D eigenvalue weighted by atomic mass is 16.2. The molecule has 0 radical (unpaired) electrons. The van der Waals surface area contributed by atoms with E-state index in [2.05, 4.69) is 25.9 Å². The number of hydrogen-bond donors (Lipinski definition) is 0. The van der Waals surface area contributed by atoms with Crippen LogP contribution >= 0.6 is 0 Å². The van der Waals surface area contributed by atoms with Gasteiger partial charge in [-0.1, -0.05) is 0 Å². The maximum atomic E-state index is 12.7. The normalized spacial score (nSPS) is 25.3. The summed E-state index contributed by atoms with van der Waals surface area (Å²) in [7, 11) is 0. The van der Waals surface area contributed by atoms with Gasteiger partial charge in [0.1, 0.15) is 12.1 Å². The summed E-state index contributed by atoms with van der Waals surface area (Å²) < 4.78 is 0. The van der Waals surface area contributed by atoms with E-state index in [0.29, 0.717) is 11.5 Å². The monoisotopic (exact) mass is 321 g/mol. The zero-order valence-electron chi connectivity index (χ0n) is 13.4. The van der Waals surface area contributed by atoms with Crippen molar-refractivity contribution in [2.24, 2.45) is 0 Å². The number of piperidine rings is 1. The Morgan fingerprint density at radius 3 is 2.71 bits per heavy atom. The Morgan fingerprint density at radius 1 is 1.17 bits per heavy atom. The van der Waals surface area contributed by atoms with Gasteiger partial charge in [-0.15, -0.1) is 0 Å². The molecule has 1 aliphatic carbocycles. The van der Waals surface area contributed by atoms with Crippen molar-refractivity contribution in [2.75, 3.05) is 18.0 Å². The Morgan fingerprint density at radius 2 is 2.00 bits per heavy atom. The molecule has 3 saturated heterocycles. The molecule has 0 spiro atoms. The van der Waals surface area contributed by atoms with Gasteiger partial charge in [-0.2, -0.15) is 0 Å². The largest absolute Gasteiger partial charge is 0.352 e. The molecule has 5 heterocycles. The molecule has 0 N–H and O–H groups in total. The van der Waals surface area contributed by atoms with E-state index in [9.17, 15) is 4.79 Å². The number of carbonyl (C=O) groups excluding carboxylic acids is 1. The minimum absolute atomic E-state index is 0.102. The van der Waals surface area contributed by atoms with E-state index >= 15 is 0 Å². The van der Waals surface area contributed by atoms with Crippen LogP contribution in [0.5, 0.6) is 0 Å². The number of aromatic nitrogens is 3. The van der Waals surface area contributed by atoms with Gasteiger partial charge in [-0.25, -0.2) is 9.97 Å². The lowest BCUT2D eigenvalue weighted by Gasteiger charge is -2.56. The molecule has 24 heavy (non-hydrogen) atoms. The van der Waals surface area contributed by atoms with Crippen LogP contribution < -0.4 is 4.90 Å². The van der Waals surface area contributed by atoms with Crippen molar-refractivity contribution in [3.8, 4) is 0 Å². The number of fused-ring (bicyclic) bond motifs is 2. The highest BCUT2D eigenvalue weighted by Crippen LogP contribution is 2.40. The van der Waals surface area contributed by atoms with Crippen LogP contribution in [0.1, 0.15) is 41.2 Å². The van der Waals surface area contributed by atoms with Crippen LogP contribution in [0.4, 0.5) is 5.82 Å². The molecule has 2 aromatic heterocycles. The fraction of sp³-hybridized carbons (Fsp3) is 0.444. The zero-order valence-corrected chi connectivity index (χ0v) is 13.4. The van der Waals surface area contributed by atoms with Crippen molar-refractivity contribution < 1.29 is 4.79 Å². The van der Waals surface area contributed by atoms with Gasteiger partial charge in [-0.3, -0.25) is 9.78 Å². The summed E-state index contributed by atoms with van der Waals surface area (Å²) in [5.74, 6) is 1.75. The van der Waals surface area contributed by atoms with E-state index in [4.69, 9.17) is 0 Å². The standard InChI is InChI=1S/C18H19N5O/c24-18(13-2-1-5-19-8-13)23-14-6-15(23)10-22(9-14)17-7-16(12-3-4-12)20-11-21-17/h1-2,5,7-8,11-12,14-15H,3-4,6,9-10H2. The SMILES string of the molecule is O=C(c1cccnc1)N1C2CC1CN(c1cc(C3CC3)ncn1)C2. The Balaban J connectivity index is 1.32. The second-order valence-electron chi connectivity index (χ2n) is 6.98. The van der Waals surface area contributed by atoms with E-state index in [1.54, 1.807) is 18.7 Å². The first-order valence-corrected chi connectivity index (χ1v) is 8.59. The van der Waals surface area contributed by atoms with Crippen LogP contribution in [0.2, 0.25) is 0 Å². The first-order valence-electron chi connectivity index (χ1n) is 8.59. The molecule has 2 atom stereocenters. The topological polar surface area (TPSA) is 62.2 Å². The summed E-state index contributed by atoms with van der Waals surface area (Å²) in [4.78, 5) is 29.9. The Bertz CT molecular complexity index is 764. The smallest absolute Gasteiger partial charge is 0.256 e. The Hall–Kier alpha value is -2.50. The maximum Gasteiger partial charge on any atom is 0.256 e. The van der Waals surface area contributed by atoms with Gasteiger partial charge in [0.2, 0.25) is 0 Å². The fourth-order valence-electron chi connectivity index (χ4n) is 3.90. The first kappa shape index (κ1) is 13.9. The number of rotatable bonds is 3. The van der Waals surface area contributed by atoms with E-state index in [0.717, 1.165) is 25.3 Å². The van der Waals surface area contributed by atoms with E-state index in [-0.39, 0.29) is 18.0 Å². The number of hydrogen-bond acceptors (Lipinski definition) is 5. The van der Waals surface area contributed by atoms with Gasteiger partial charge < -0.3 is 9.80 Å². The lowest BCUT2D eigenvalue weighted by molar-refractivity contribution is 0.00572. The minimum atomic E-state index is 0.102. The molecule has 6 heteroatoms. The fourth-order valence-corrected chi connectivity index (χ4v) is 3.90. The number of nitrogens with zero attached hydrogens (tertiary/aromatic N) is 5. The van der Waals surface area contributed by atoms with Crippen LogP contribution in [-0.4, -0.2) is 50.9 Å². The van der Waals surface area contributed by atoms with Crippen molar-refractivity contribution in [3.05, 3.63) is 48.2 Å². The molecule has 122 valence electrons. The second-order valence-corrected chi connectivity index (χ2v) is 6.98. The van der Waals surface area contributed by atoms with Crippen molar-refractivity contribution in [3.63, 3.8) is 0 Å². The van der Waals surface area contributed by atoms with E-state index < -0.39 is 0 Å². The van der Waals surface area contributed by atoms with Crippen molar-refractivity contribution in [2.45, 2.75) is 37.3 Å². The summed E-state index contributed by atoms with van der Waals surface area (Å²) in [5, 5.41) is 0. The van der Waals surface area contributed by atoms with Gasteiger partial charge in [0.05, 0.1) is 17.6 Å². The molecule has 2 bridgehead atoms. The van der Waals surface area contributed by atoms with E-state index in [1.165, 1.54) is 18.5 Å². The summed E-state index contributed by atoms with van der Waals surface area (Å²) >= 11 is 0. The van der Waals surface area contributed by atoms with Crippen LogP contribution in [-0.2, 0) is 0 Å². The number of carbonyl (C=O) groups is 1.